The Morgan fingerprint density at radius 2 is 2.04 bits per heavy atom. The molecule has 1 aromatic carbocycles. The fourth-order valence-electron chi connectivity index (χ4n) is 2.65. The number of anilines is 1. The van der Waals surface area contributed by atoms with Crippen LogP contribution in [-0.2, 0) is 6.18 Å². The van der Waals surface area contributed by atoms with Gasteiger partial charge in [-0.15, -0.1) is 0 Å². The van der Waals surface area contributed by atoms with Gasteiger partial charge in [0.05, 0.1) is 17.4 Å². The molecule has 0 radical (unpaired) electrons. The average molecular weight is 364 g/mol. The van der Waals surface area contributed by atoms with E-state index in [4.69, 9.17) is 0 Å². The van der Waals surface area contributed by atoms with Crippen LogP contribution in [0.4, 0.5) is 19.0 Å². The molecule has 128 valence electrons. The summed E-state index contributed by atoms with van der Waals surface area (Å²) >= 11 is 1.48. The first-order chi connectivity index (χ1) is 11.9. The number of carbonyl (C=O) groups excluding carboxylic acids is 1. The van der Waals surface area contributed by atoms with E-state index in [-0.39, 0.29) is 17.2 Å². The molecule has 0 saturated heterocycles. The van der Waals surface area contributed by atoms with Gasteiger partial charge >= 0.3 is 6.18 Å². The average Bonchev–Trinajstić information content (AvgIpc) is 3.24. The van der Waals surface area contributed by atoms with Gasteiger partial charge in [0.2, 0.25) is 0 Å². The molecular formula is C16H11F3N4OS. The highest BCUT2D eigenvalue weighted by Crippen LogP contribution is 2.33. The predicted octanol–water partition coefficient (Wildman–Crippen LogP) is 3.81. The van der Waals surface area contributed by atoms with Crippen LogP contribution in [-0.4, -0.2) is 15.7 Å². The number of carbonyl (C=O) groups is 1. The van der Waals surface area contributed by atoms with Crippen molar-refractivity contribution >= 4 is 23.1 Å². The van der Waals surface area contributed by atoms with E-state index >= 15 is 0 Å². The van der Waals surface area contributed by atoms with Crippen LogP contribution in [0.1, 0.15) is 27.7 Å². The van der Waals surface area contributed by atoms with Gasteiger partial charge in [0.15, 0.2) is 0 Å². The number of amides is 1. The summed E-state index contributed by atoms with van der Waals surface area (Å²) in [6.45, 7) is 0. The number of hydrogen-bond donors (Lipinski definition) is 2. The minimum Gasteiger partial charge on any atom is -0.345 e. The maximum atomic E-state index is 13.0. The van der Waals surface area contributed by atoms with Gasteiger partial charge in [-0.2, -0.15) is 29.6 Å². The molecule has 0 spiro atoms. The molecule has 3 aromatic rings. The van der Waals surface area contributed by atoms with E-state index in [1.165, 1.54) is 34.3 Å². The van der Waals surface area contributed by atoms with E-state index < -0.39 is 17.9 Å². The second kappa shape index (κ2) is 5.62. The Hall–Kier alpha value is -2.81. The van der Waals surface area contributed by atoms with Gasteiger partial charge in [-0.25, -0.2) is 4.68 Å². The number of thiophene rings is 1. The Bertz CT molecular complexity index is 933. The standard InChI is InChI=1S/C16H11F3N4OS/c17-16(18,19)10-2-1-3-11(6-10)23-14-12(7-20-23)15(24)22-13(21-14)9-4-5-25-8-9/h1-8,13,21H,(H,22,24)/t13-/m1/s1. The van der Waals surface area contributed by atoms with Crippen molar-refractivity contribution in [1.29, 1.82) is 0 Å². The number of alkyl halides is 3. The Morgan fingerprint density at radius 3 is 2.76 bits per heavy atom. The van der Waals surface area contributed by atoms with Crippen LogP contribution in [0.2, 0.25) is 0 Å². The lowest BCUT2D eigenvalue weighted by Crippen LogP contribution is -2.38. The molecule has 4 rings (SSSR count). The summed E-state index contributed by atoms with van der Waals surface area (Å²) in [5, 5.41) is 13.8. The number of nitrogens with one attached hydrogen (secondary N) is 2. The minimum absolute atomic E-state index is 0.224. The lowest BCUT2D eigenvalue weighted by molar-refractivity contribution is -0.137. The summed E-state index contributed by atoms with van der Waals surface area (Å²) in [5.41, 5.74) is 0.593. The molecule has 0 saturated carbocycles. The smallest absolute Gasteiger partial charge is 0.345 e. The molecule has 1 aliphatic rings. The molecule has 5 nitrogen and oxygen atoms in total. The Labute approximate surface area is 144 Å². The molecule has 2 N–H and O–H groups in total. The van der Waals surface area contributed by atoms with Crippen LogP contribution >= 0.6 is 11.3 Å². The summed E-state index contributed by atoms with van der Waals surface area (Å²) in [7, 11) is 0. The van der Waals surface area contributed by atoms with Crippen LogP contribution in [0.15, 0.2) is 47.3 Å². The summed E-state index contributed by atoms with van der Waals surface area (Å²) in [6, 6.07) is 6.68. The van der Waals surface area contributed by atoms with Crippen LogP contribution in [0.3, 0.4) is 0 Å². The molecule has 0 unspecified atom stereocenters. The van der Waals surface area contributed by atoms with Crippen molar-refractivity contribution in [3.05, 3.63) is 64.0 Å². The molecule has 0 aliphatic carbocycles. The van der Waals surface area contributed by atoms with Gasteiger partial charge in [0.25, 0.3) is 5.91 Å². The molecule has 1 atom stereocenters. The van der Waals surface area contributed by atoms with Gasteiger partial charge in [-0.3, -0.25) is 4.79 Å². The highest BCUT2D eigenvalue weighted by atomic mass is 32.1. The molecular weight excluding hydrogens is 353 g/mol. The number of hydrogen-bond acceptors (Lipinski definition) is 4. The van der Waals surface area contributed by atoms with Crippen LogP contribution in [0, 0.1) is 0 Å². The van der Waals surface area contributed by atoms with E-state index in [9.17, 15) is 18.0 Å². The second-order valence-corrected chi connectivity index (χ2v) is 6.25. The van der Waals surface area contributed by atoms with Gasteiger partial charge in [-0.05, 0) is 35.0 Å². The molecule has 0 bridgehead atoms. The van der Waals surface area contributed by atoms with Crippen LogP contribution < -0.4 is 10.6 Å². The van der Waals surface area contributed by atoms with Crippen molar-refractivity contribution in [2.45, 2.75) is 12.3 Å². The molecule has 25 heavy (non-hydrogen) atoms. The zero-order chi connectivity index (χ0) is 17.6. The predicted molar refractivity (Wildman–Crippen MR) is 86.7 cm³/mol. The van der Waals surface area contributed by atoms with E-state index in [1.54, 1.807) is 0 Å². The maximum Gasteiger partial charge on any atom is 0.416 e. The highest BCUT2D eigenvalue weighted by Gasteiger charge is 2.32. The number of rotatable bonds is 2. The van der Waals surface area contributed by atoms with E-state index in [2.05, 4.69) is 15.7 Å². The van der Waals surface area contributed by atoms with Gasteiger partial charge in [0.1, 0.15) is 17.5 Å². The summed E-state index contributed by atoms with van der Waals surface area (Å²) in [6.07, 6.45) is -3.58. The first kappa shape index (κ1) is 15.7. The third-order valence-corrected chi connectivity index (χ3v) is 4.57. The number of halogens is 3. The van der Waals surface area contributed by atoms with Crippen molar-refractivity contribution in [2.24, 2.45) is 0 Å². The Balaban J connectivity index is 1.76. The van der Waals surface area contributed by atoms with Crippen molar-refractivity contribution in [3.63, 3.8) is 0 Å². The van der Waals surface area contributed by atoms with Crippen molar-refractivity contribution in [1.82, 2.24) is 15.1 Å². The Kier molecular flexibility index (Phi) is 3.53. The normalized spacial score (nSPS) is 16.9. The summed E-state index contributed by atoms with van der Waals surface area (Å²) in [4.78, 5) is 12.3. The SMILES string of the molecule is O=C1N[C@H](c2ccsc2)Nc2c1cnn2-c1cccc(C(F)(F)F)c1. The monoisotopic (exact) mass is 364 g/mol. The summed E-state index contributed by atoms with van der Waals surface area (Å²) in [5.74, 6) is 0.0300. The molecule has 1 amide bonds. The van der Waals surface area contributed by atoms with Crippen LogP contribution in [0.5, 0.6) is 0 Å². The molecule has 2 aromatic heterocycles. The zero-order valence-electron chi connectivity index (χ0n) is 12.5. The van der Waals surface area contributed by atoms with Crippen molar-refractivity contribution < 1.29 is 18.0 Å². The Morgan fingerprint density at radius 1 is 1.20 bits per heavy atom. The topological polar surface area (TPSA) is 59.0 Å². The largest absolute Gasteiger partial charge is 0.416 e. The number of fused-ring (bicyclic) bond motifs is 1. The van der Waals surface area contributed by atoms with E-state index in [0.29, 0.717) is 5.82 Å². The third-order valence-electron chi connectivity index (χ3n) is 3.86. The minimum atomic E-state index is -4.45. The van der Waals surface area contributed by atoms with Crippen molar-refractivity contribution in [2.75, 3.05) is 5.32 Å². The third kappa shape index (κ3) is 2.76. The van der Waals surface area contributed by atoms with Gasteiger partial charge in [0, 0.05) is 5.56 Å². The number of nitrogens with zero attached hydrogens (tertiary/aromatic N) is 2. The van der Waals surface area contributed by atoms with Gasteiger partial charge < -0.3 is 10.6 Å². The van der Waals surface area contributed by atoms with E-state index in [0.717, 1.165) is 17.7 Å². The zero-order valence-corrected chi connectivity index (χ0v) is 13.4. The fraction of sp³-hybridized carbons (Fsp3) is 0.125. The lowest BCUT2D eigenvalue weighted by atomic mass is 10.1. The number of aromatic nitrogens is 2. The lowest BCUT2D eigenvalue weighted by Gasteiger charge is -2.26. The highest BCUT2D eigenvalue weighted by molar-refractivity contribution is 7.08. The molecule has 0 fully saturated rings. The quantitative estimate of drug-likeness (QED) is 0.727. The second-order valence-electron chi connectivity index (χ2n) is 5.47. The first-order valence-corrected chi connectivity index (χ1v) is 8.23. The van der Waals surface area contributed by atoms with Gasteiger partial charge in [-0.1, -0.05) is 6.07 Å². The molecule has 9 heteroatoms. The van der Waals surface area contributed by atoms with Crippen molar-refractivity contribution in [3.8, 4) is 5.69 Å². The summed E-state index contributed by atoms with van der Waals surface area (Å²) < 4.78 is 40.2. The first-order valence-electron chi connectivity index (χ1n) is 7.28. The van der Waals surface area contributed by atoms with Crippen LogP contribution in [0.25, 0.3) is 5.69 Å². The van der Waals surface area contributed by atoms with E-state index in [1.807, 2.05) is 16.8 Å². The maximum absolute atomic E-state index is 13.0. The number of benzene rings is 1. The molecule has 3 heterocycles. The fourth-order valence-corrected chi connectivity index (χ4v) is 3.34. The molecule has 1 aliphatic heterocycles.